The van der Waals surface area contributed by atoms with E-state index in [-0.39, 0.29) is 24.5 Å². The second kappa shape index (κ2) is 7.39. The standard InChI is InChI=1S/C21H30N2O3/c1-14(2)22-19(24)18-13-26-21(11-9-15(3)10-12-21)23(18)20(25)17-8-6-5-7-16(17)4/h5-8,14-15,18H,9-13H2,1-4H3,(H,22,24). The van der Waals surface area contributed by atoms with Gasteiger partial charge in [-0.3, -0.25) is 14.5 Å². The van der Waals surface area contributed by atoms with E-state index in [0.29, 0.717) is 11.5 Å². The third kappa shape index (κ3) is 3.50. The zero-order chi connectivity index (χ0) is 18.9. The molecule has 5 heteroatoms. The summed E-state index contributed by atoms with van der Waals surface area (Å²) in [6, 6.07) is 7.03. The quantitative estimate of drug-likeness (QED) is 0.902. The van der Waals surface area contributed by atoms with Crippen molar-refractivity contribution in [1.82, 2.24) is 10.2 Å². The second-order valence-electron chi connectivity index (χ2n) is 8.11. The van der Waals surface area contributed by atoms with Gasteiger partial charge in [0.15, 0.2) is 0 Å². The van der Waals surface area contributed by atoms with Gasteiger partial charge in [-0.1, -0.05) is 25.1 Å². The molecular formula is C21H30N2O3. The Labute approximate surface area is 156 Å². The topological polar surface area (TPSA) is 58.6 Å². The van der Waals surface area contributed by atoms with Gasteiger partial charge in [0.2, 0.25) is 5.91 Å². The first kappa shape index (κ1) is 18.9. The molecule has 1 aromatic carbocycles. The third-order valence-electron chi connectivity index (χ3n) is 5.64. The molecule has 5 nitrogen and oxygen atoms in total. The number of ether oxygens (including phenoxy) is 1. The van der Waals surface area contributed by atoms with E-state index in [1.807, 2.05) is 45.0 Å². The lowest BCUT2D eigenvalue weighted by Gasteiger charge is -2.43. The number of nitrogens with one attached hydrogen (secondary N) is 1. The number of carbonyl (C=O) groups excluding carboxylic acids is 2. The maximum atomic E-state index is 13.5. The molecule has 1 saturated carbocycles. The summed E-state index contributed by atoms with van der Waals surface area (Å²) in [7, 11) is 0. The molecule has 1 spiro atoms. The maximum absolute atomic E-state index is 13.5. The van der Waals surface area contributed by atoms with Crippen LogP contribution in [0.3, 0.4) is 0 Å². The van der Waals surface area contributed by atoms with Crippen LogP contribution in [0.15, 0.2) is 24.3 Å². The van der Waals surface area contributed by atoms with Crippen LogP contribution in [-0.2, 0) is 9.53 Å². The van der Waals surface area contributed by atoms with Gasteiger partial charge in [-0.25, -0.2) is 0 Å². The van der Waals surface area contributed by atoms with Crippen LogP contribution in [0.25, 0.3) is 0 Å². The number of aryl methyl sites for hydroxylation is 1. The predicted octanol–water partition coefficient (Wildman–Crippen LogP) is 3.27. The summed E-state index contributed by atoms with van der Waals surface area (Å²) in [5.41, 5.74) is 0.926. The van der Waals surface area contributed by atoms with Gasteiger partial charge in [0.25, 0.3) is 5.91 Å². The number of amides is 2. The molecule has 1 aliphatic carbocycles. The Morgan fingerprint density at radius 1 is 1.23 bits per heavy atom. The van der Waals surface area contributed by atoms with Gasteiger partial charge in [0.05, 0.1) is 6.61 Å². The molecule has 2 aliphatic rings. The Balaban J connectivity index is 1.96. The summed E-state index contributed by atoms with van der Waals surface area (Å²) < 4.78 is 6.18. The normalized spacial score (nSPS) is 28.6. The fourth-order valence-corrected chi connectivity index (χ4v) is 4.10. The summed E-state index contributed by atoms with van der Waals surface area (Å²) in [6.07, 6.45) is 3.60. The molecular weight excluding hydrogens is 328 g/mol. The fraction of sp³-hybridized carbons (Fsp3) is 0.619. The van der Waals surface area contributed by atoms with Gasteiger partial charge in [0.1, 0.15) is 11.8 Å². The molecule has 1 aromatic rings. The van der Waals surface area contributed by atoms with E-state index in [4.69, 9.17) is 4.74 Å². The van der Waals surface area contributed by atoms with Crippen molar-refractivity contribution in [2.75, 3.05) is 6.61 Å². The Morgan fingerprint density at radius 3 is 2.50 bits per heavy atom. The summed E-state index contributed by atoms with van der Waals surface area (Å²) in [5.74, 6) is 0.402. The van der Waals surface area contributed by atoms with E-state index in [1.54, 1.807) is 4.90 Å². The van der Waals surface area contributed by atoms with Crippen molar-refractivity contribution >= 4 is 11.8 Å². The average Bonchev–Trinajstić information content (AvgIpc) is 2.96. The minimum Gasteiger partial charge on any atom is -0.353 e. The fourth-order valence-electron chi connectivity index (χ4n) is 4.10. The monoisotopic (exact) mass is 358 g/mol. The minimum atomic E-state index is -0.648. The Kier molecular flexibility index (Phi) is 5.37. The summed E-state index contributed by atoms with van der Waals surface area (Å²) in [4.78, 5) is 28.0. The SMILES string of the molecule is Cc1ccccc1C(=O)N1C(C(=O)NC(C)C)COC12CCC(C)CC2. The maximum Gasteiger partial charge on any atom is 0.257 e. The molecule has 0 aromatic heterocycles. The van der Waals surface area contributed by atoms with Crippen molar-refractivity contribution < 1.29 is 14.3 Å². The van der Waals surface area contributed by atoms with Crippen LogP contribution in [-0.4, -0.2) is 41.1 Å². The molecule has 26 heavy (non-hydrogen) atoms. The largest absolute Gasteiger partial charge is 0.353 e. The molecule has 3 rings (SSSR count). The van der Waals surface area contributed by atoms with Crippen LogP contribution in [0.1, 0.15) is 62.4 Å². The second-order valence-corrected chi connectivity index (χ2v) is 8.11. The van der Waals surface area contributed by atoms with Crippen molar-refractivity contribution in [1.29, 1.82) is 0 Å². The predicted molar refractivity (Wildman–Crippen MR) is 101 cm³/mol. The molecule has 0 bridgehead atoms. The Hall–Kier alpha value is -1.88. The Bertz CT molecular complexity index is 678. The summed E-state index contributed by atoms with van der Waals surface area (Å²) in [5, 5.41) is 2.95. The Morgan fingerprint density at radius 2 is 1.88 bits per heavy atom. The lowest BCUT2D eigenvalue weighted by molar-refractivity contribution is -0.128. The molecule has 0 radical (unpaired) electrons. The van der Waals surface area contributed by atoms with Gasteiger partial charge in [-0.05, 0) is 64.0 Å². The highest BCUT2D eigenvalue weighted by Crippen LogP contribution is 2.43. The third-order valence-corrected chi connectivity index (χ3v) is 5.64. The first-order valence-corrected chi connectivity index (χ1v) is 9.68. The van der Waals surface area contributed by atoms with Crippen LogP contribution >= 0.6 is 0 Å². The zero-order valence-electron chi connectivity index (χ0n) is 16.2. The molecule has 1 heterocycles. The van der Waals surface area contributed by atoms with E-state index in [1.165, 1.54) is 0 Å². The molecule has 2 amide bonds. The van der Waals surface area contributed by atoms with Crippen molar-refractivity contribution in [3.05, 3.63) is 35.4 Å². The molecule has 2 fully saturated rings. The van der Waals surface area contributed by atoms with Crippen LogP contribution in [0.4, 0.5) is 0 Å². The van der Waals surface area contributed by atoms with Gasteiger partial charge in [-0.15, -0.1) is 0 Å². The lowest BCUT2D eigenvalue weighted by Crippen LogP contribution is -2.57. The van der Waals surface area contributed by atoms with E-state index in [2.05, 4.69) is 12.2 Å². The minimum absolute atomic E-state index is 0.0286. The lowest BCUT2D eigenvalue weighted by atomic mass is 9.83. The van der Waals surface area contributed by atoms with Crippen LogP contribution < -0.4 is 5.32 Å². The number of rotatable bonds is 3. The highest BCUT2D eigenvalue weighted by Gasteiger charge is 2.53. The zero-order valence-corrected chi connectivity index (χ0v) is 16.2. The number of hydrogen-bond donors (Lipinski definition) is 1. The first-order chi connectivity index (χ1) is 12.3. The molecule has 1 atom stereocenters. The summed E-state index contributed by atoms with van der Waals surface area (Å²) in [6.45, 7) is 8.30. The van der Waals surface area contributed by atoms with E-state index >= 15 is 0 Å². The number of carbonyl (C=O) groups is 2. The number of benzene rings is 1. The number of nitrogens with zero attached hydrogens (tertiary/aromatic N) is 1. The van der Waals surface area contributed by atoms with Crippen molar-refractivity contribution in [2.24, 2.45) is 5.92 Å². The van der Waals surface area contributed by atoms with E-state index < -0.39 is 11.8 Å². The van der Waals surface area contributed by atoms with E-state index in [0.717, 1.165) is 31.2 Å². The van der Waals surface area contributed by atoms with Gasteiger partial charge >= 0.3 is 0 Å². The highest BCUT2D eigenvalue weighted by molar-refractivity contribution is 5.99. The molecule has 1 unspecified atom stereocenters. The smallest absolute Gasteiger partial charge is 0.257 e. The first-order valence-electron chi connectivity index (χ1n) is 9.68. The van der Waals surface area contributed by atoms with Gasteiger partial charge < -0.3 is 10.1 Å². The highest BCUT2D eigenvalue weighted by atomic mass is 16.5. The van der Waals surface area contributed by atoms with Crippen LogP contribution in [0.2, 0.25) is 0 Å². The summed E-state index contributed by atoms with van der Waals surface area (Å²) >= 11 is 0. The number of hydrogen-bond acceptors (Lipinski definition) is 3. The van der Waals surface area contributed by atoms with Gasteiger partial charge in [-0.2, -0.15) is 0 Å². The molecule has 1 N–H and O–H groups in total. The van der Waals surface area contributed by atoms with Gasteiger partial charge in [0, 0.05) is 11.6 Å². The molecule has 142 valence electrons. The van der Waals surface area contributed by atoms with Crippen LogP contribution in [0, 0.1) is 12.8 Å². The van der Waals surface area contributed by atoms with Crippen molar-refractivity contribution in [3.63, 3.8) is 0 Å². The van der Waals surface area contributed by atoms with Crippen LogP contribution in [0.5, 0.6) is 0 Å². The van der Waals surface area contributed by atoms with Crippen molar-refractivity contribution in [2.45, 2.75) is 71.2 Å². The van der Waals surface area contributed by atoms with Crippen molar-refractivity contribution in [3.8, 4) is 0 Å². The van der Waals surface area contributed by atoms with E-state index in [9.17, 15) is 9.59 Å². The average molecular weight is 358 g/mol. The molecule has 1 saturated heterocycles. The molecule has 1 aliphatic heterocycles.